The molecule has 0 bridgehead atoms. The van der Waals surface area contributed by atoms with E-state index in [1.54, 1.807) is 18.2 Å². The summed E-state index contributed by atoms with van der Waals surface area (Å²) in [5, 5.41) is 0. The van der Waals surface area contributed by atoms with Gasteiger partial charge in [0.15, 0.2) is 0 Å². The highest BCUT2D eigenvalue weighted by molar-refractivity contribution is 6.13. The van der Waals surface area contributed by atoms with E-state index in [1.165, 1.54) is 17.7 Å². The summed E-state index contributed by atoms with van der Waals surface area (Å²) < 4.78 is 13.1. The van der Waals surface area contributed by atoms with E-state index >= 15 is 0 Å². The number of amidine groups is 1. The minimum absolute atomic E-state index is 0.208. The average molecular weight is 349 g/mol. The minimum Gasteiger partial charge on any atom is -0.324 e. The van der Waals surface area contributed by atoms with Crippen LogP contribution in [0.1, 0.15) is 17.5 Å². The molecule has 0 radical (unpaired) electrons. The zero-order valence-electron chi connectivity index (χ0n) is 14.4. The Morgan fingerprint density at radius 2 is 1.77 bits per heavy atom. The van der Waals surface area contributed by atoms with Gasteiger partial charge < -0.3 is 4.90 Å². The molecule has 2 aromatic rings. The fourth-order valence-electron chi connectivity index (χ4n) is 3.40. The number of hydrogen-bond acceptors (Lipinski definition) is 3. The molecule has 2 heterocycles. The Labute approximate surface area is 152 Å². The van der Waals surface area contributed by atoms with E-state index < -0.39 is 0 Å². The van der Waals surface area contributed by atoms with Crippen LogP contribution in [0.25, 0.3) is 6.08 Å². The topological polar surface area (TPSA) is 35.9 Å². The summed E-state index contributed by atoms with van der Waals surface area (Å²) in [5.41, 5.74) is 2.67. The molecule has 0 aromatic heterocycles. The molecule has 0 unspecified atom stereocenters. The number of carbonyl (C=O) groups excluding carboxylic acids is 1. The molecule has 1 saturated heterocycles. The van der Waals surface area contributed by atoms with Crippen LogP contribution in [0, 0.1) is 5.82 Å². The third-order valence-electron chi connectivity index (χ3n) is 4.77. The van der Waals surface area contributed by atoms with Crippen molar-refractivity contribution in [1.82, 2.24) is 9.80 Å². The van der Waals surface area contributed by atoms with Crippen LogP contribution >= 0.6 is 0 Å². The van der Waals surface area contributed by atoms with Crippen molar-refractivity contribution in [2.24, 2.45) is 4.99 Å². The molecule has 1 fully saturated rings. The van der Waals surface area contributed by atoms with Crippen molar-refractivity contribution >= 4 is 17.8 Å². The van der Waals surface area contributed by atoms with E-state index in [-0.39, 0.29) is 11.7 Å². The predicted octanol–water partition coefficient (Wildman–Crippen LogP) is 3.31. The fraction of sp³-hybridized carbons (Fsp3) is 0.238. The van der Waals surface area contributed by atoms with Gasteiger partial charge in [-0.3, -0.25) is 9.69 Å². The maximum atomic E-state index is 13.1. The van der Waals surface area contributed by atoms with Gasteiger partial charge in [-0.15, -0.1) is 0 Å². The second-order valence-corrected chi connectivity index (χ2v) is 6.58. The number of aliphatic imine (C=N–C) groups is 1. The molecule has 132 valence electrons. The van der Waals surface area contributed by atoms with Crippen molar-refractivity contribution in [1.29, 1.82) is 0 Å². The Bertz CT molecular complexity index is 859. The first-order chi connectivity index (χ1) is 12.7. The summed E-state index contributed by atoms with van der Waals surface area (Å²) >= 11 is 0. The van der Waals surface area contributed by atoms with Crippen LogP contribution in [0.15, 0.2) is 65.3 Å². The number of amides is 1. The summed E-state index contributed by atoms with van der Waals surface area (Å²) in [5.74, 6) is 0.341. The van der Waals surface area contributed by atoms with Crippen molar-refractivity contribution in [3.05, 3.63) is 77.2 Å². The molecule has 26 heavy (non-hydrogen) atoms. The average Bonchev–Trinajstić information content (AvgIpc) is 2.81. The number of fused-ring (bicyclic) bond motifs is 1. The number of benzene rings is 2. The lowest BCUT2D eigenvalue weighted by Crippen LogP contribution is -2.31. The van der Waals surface area contributed by atoms with Crippen molar-refractivity contribution in [2.75, 3.05) is 19.6 Å². The van der Waals surface area contributed by atoms with E-state index in [0.717, 1.165) is 44.0 Å². The van der Waals surface area contributed by atoms with Crippen molar-refractivity contribution in [3.8, 4) is 0 Å². The zero-order valence-corrected chi connectivity index (χ0v) is 14.4. The molecule has 1 amide bonds. The first-order valence-electron chi connectivity index (χ1n) is 8.82. The molecule has 0 atom stereocenters. The van der Waals surface area contributed by atoms with Gasteiger partial charge in [-0.25, -0.2) is 4.39 Å². The summed E-state index contributed by atoms with van der Waals surface area (Å²) in [6.07, 6.45) is 2.55. The Hall–Kier alpha value is -2.79. The van der Waals surface area contributed by atoms with E-state index in [1.807, 2.05) is 11.0 Å². The SMILES string of the molecule is O=C1N=C2CCN(Cc3ccccc3)CCN2/C1=C/c1ccc(F)cc1. The molecule has 4 nitrogen and oxygen atoms in total. The highest BCUT2D eigenvalue weighted by Gasteiger charge is 2.31. The highest BCUT2D eigenvalue weighted by atomic mass is 19.1. The second kappa shape index (κ2) is 7.22. The zero-order chi connectivity index (χ0) is 17.9. The van der Waals surface area contributed by atoms with Crippen LogP contribution in [0.3, 0.4) is 0 Å². The van der Waals surface area contributed by atoms with Crippen LogP contribution in [-0.4, -0.2) is 41.2 Å². The number of hydrogen-bond donors (Lipinski definition) is 0. The normalized spacial score (nSPS) is 19.4. The van der Waals surface area contributed by atoms with Gasteiger partial charge in [-0.05, 0) is 29.3 Å². The molecular weight excluding hydrogens is 329 g/mol. The molecule has 0 spiro atoms. The first-order valence-corrected chi connectivity index (χ1v) is 8.82. The Balaban J connectivity index is 1.50. The number of halogens is 1. The molecule has 0 saturated carbocycles. The van der Waals surface area contributed by atoms with Gasteiger partial charge in [0.2, 0.25) is 0 Å². The highest BCUT2D eigenvalue weighted by Crippen LogP contribution is 2.23. The third-order valence-corrected chi connectivity index (χ3v) is 4.77. The van der Waals surface area contributed by atoms with E-state index in [4.69, 9.17) is 0 Å². The summed E-state index contributed by atoms with van der Waals surface area (Å²) in [6.45, 7) is 3.36. The quantitative estimate of drug-likeness (QED) is 0.798. The summed E-state index contributed by atoms with van der Waals surface area (Å²) in [4.78, 5) is 20.9. The Morgan fingerprint density at radius 1 is 1.00 bits per heavy atom. The van der Waals surface area contributed by atoms with Crippen molar-refractivity contribution < 1.29 is 9.18 Å². The molecule has 4 rings (SSSR count). The number of nitrogens with zero attached hydrogens (tertiary/aromatic N) is 3. The van der Waals surface area contributed by atoms with Crippen molar-refractivity contribution in [2.45, 2.75) is 13.0 Å². The molecule has 2 aliphatic heterocycles. The molecule has 5 heteroatoms. The van der Waals surface area contributed by atoms with Crippen LogP contribution < -0.4 is 0 Å². The van der Waals surface area contributed by atoms with E-state index in [2.05, 4.69) is 34.2 Å². The van der Waals surface area contributed by atoms with Crippen LogP contribution in [0.2, 0.25) is 0 Å². The number of carbonyl (C=O) groups is 1. The lowest BCUT2D eigenvalue weighted by Gasteiger charge is -2.21. The second-order valence-electron chi connectivity index (χ2n) is 6.58. The summed E-state index contributed by atoms with van der Waals surface area (Å²) in [6, 6.07) is 16.5. The lowest BCUT2D eigenvalue weighted by molar-refractivity contribution is -0.114. The fourth-order valence-corrected chi connectivity index (χ4v) is 3.40. The third kappa shape index (κ3) is 3.58. The predicted molar refractivity (Wildman–Crippen MR) is 99.9 cm³/mol. The van der Waals surface area contributed by atoms with Gasteiger partial charge in [0, 0.05) is 32.6 Å². The van der Waals surface area contributed by atoms with Gasteiger partial charge in [-0.1, -0.05) is 42.5 Å². The maximum absolute atomic E-state index is 13.1. The summed E-state index contributed by atoms with van der Waals surface area (Å²) in [7, 11) is 0. The largest absolute Gasteiger partial charge is 0.324 e. The van der Waals surface area contributed by atoms with E-state index in [0.29, 0.717) is 5.70 Å². The molecule has 2 aliphatic rings. The molecule has 2 aromatic carbocycles. The first kappa shape index (κ1) is 16.7. The van der Waals surface area contributed by atoms with Gasteiger partial charge in [0.1, 0.15) is 17.3 Å². The van der Waals surface area contributed by atoms with Gasteiger partial charge in [0.25, 0.3) is 5.91 Å². The van der Waals surface area contributed by atoms with Gasteiger partial charge >= 0.3 is 0 Å². The van der Waals surface area contributed by atoms with Crippen molar-refractivity contribution in [3.63, 3.8) is 0 Å². The monoisotopic (exact) mass is 349 g/mol. The lowest BCUT2D eigenvalue weighted by atomic mass is 10.1. The molecular formula is C21H20FN3O. The molecule has 0 aliphatic carbocycles. The standard InChI is InChI=1S/C21H20FN3O/c22-18-8-6-16(7-9-18)14-19-21(26)23-20-10-11-24(12-13-25(19)20)15-17-4-2-1-3-5-17/h1-9,14H,10-13,15H2/b19-14+. The molecule has 0 N–H and O–H groups in total. The van der Waals surface area contributed by atoms with Crippen LogP contribution in [0.5, 0.6) is 0 Å². The maximum Gasteiger partial charge on any atom is 0.295 e. The smallest absolute Gasteiger partial charge is 0.295 e. The Kier molecular flexibility index (Phi) is 4.63. The number of rotatable bonds is 3. The van der Waals surface area contributed by atoms with Crippen LogP contribution in [0.4, 0.5) is 4.39 Å². The Morgan fingerprint density at radius 3 is 2.54 bits per heavy atom. The van der Waals surface area contributed by atoms with E-state index in [9.17, 15) is 9.18 Å². The van der Waals surface area contributed by atoms with Gasteiger partial charge in [0.05, 0.1) is 0 Å². The van der Waals surface area contributed by atoms with Crippen LogP contribution in [-0.2, 0) is 11.3 Å². The van der Waals surface area contributed by atoms with Gasteiger partial charge in [-0.2, -0.15) is 4.99 Å². The minimum atomic E-state index is -0.284.